The molecular formula is C14H15N3OS. The van der Waals surface area contributed by atoms with Crippen LogP contribution in [0.2, 0.25) is 0 Å². The van der Waals surface area contributed by atoms with Crippen molar-refractivity contribution in [2.45, 2.75) is 31.9 Å². The van der Waals surface area contributed by atoms with Gasteiger partial charge in [-0.2, -0.15) is 5.26 Å². The maximum atomic E-state index is 9.11. The number of nitriles is 1. The molecule has 0 bridgehead atoms. The molecule has 2 heterocycles. The summed E-state index contributed by atoms with van der Waals surface area (Å²) in [6.07, 6.45) is 3.62. The van der Waals surface area contributed by atoms with Gasteiger partial charge in [0.05, 0.1) is 22.7 Å². The van der Waals surface area contributed by atoms with Gasteiger partial charge in [0.15, 0.2) is 4.77 Å². The number of hydrogen-bond acceptors (Lipinski definition) is 3. The summed E-state index contributed by atoms with van der Waals surface area (Å²) in [7, 11) is 0. The summed E-state index contributed by atoms with van der Waals surface area (Å²) in [5.41, 5.74) is 2.48. The first-order chi connectivity index (χ1) is 9.29. The second-order valence-electron chi connectivity index (χ2n) is 4.82. The minimum absolute atomic E-state index is 0.353. The van der Waals surface area contributed by atoms with E-state index in [-0.39, 0.29) is 0 Å². The van der Waals surface area contributed by atoms with E-state index in [4.69, 9.17) is 22.2 Å². The molecule has 0 radical (unpaired) electrons. The zero-order valence-corrected chi connectivity index (χ0v) is 11.4. The normalized spacial score (nSPS) is 18.8. The van der Waals surface area contributed by atoms with E-state index in [0.29, 0.717) is 16.4 Å². The van der Waals surface area contributed by atoms with Gasteiger partial charge in [0.2, 0.25) is 0 Å². The van der Waals surface area contributed by atoms with Crippen LogP contribution in [0.15, 0.2) is 18.2 Å². The number of benzene rings is 1. The molecule has 1 aromatic heterocycles. The average molecular weight is 273 g/mol. The molecule has 0 amide bonds. The van der Waals surface area contributed by atoms with E-state index in [0.717, 1.165) is 43.4 Å². The number of aromatic amines is 1. The van der Waals surface area contributed by atoms with Crippen molar-refractivity contribution >= 4 is 23.3 Å². The number of para-hydroxylation sites is 1. The number of H-pyrrole nitrogens is 1. The van der Waals surface area contributed by atoms with Gasteiger partial charge in [-0.1, -0.05) is 6.07 Å². The molecule has 1 N–H and O–H groups in total. The van der Waals surface area contributed by atoms with Crippen molar-refractivity contribution in [2.75, 3.05) is 6.61 Å². The van der Waals surface area contributed by atoms with E-state index in [1.165, 1.54) is 0 Å². The van der Waals surface area contributed by atoms with Crippen LogP contribution in [0.1, 0.15) is 24.8 Å². The molecule has 1 aliphatic heterocycles. The summed E-state index contributed by atoms with van der Waals surface area (Å²) in [6, 6.07) is 7.89. The fourth-order valence-corrected chi connectivity index (χ4v) is 2.93. The van der Waals surface area contributed by atoms with Crippen LogP contribution in [-0.4, -0.2) is 22.3 Å². The SMILES string of the molecule is N#Cc1cccc2c1[nH]c(=S)n2CCC1CCCO1. The van der Waals surface area contributed by atoms with Gasteiger partial charge in [-0.3, -0.25) is 0 Å². The van der Waals surface area contributed by atoms with Gasteiger partial charge in [-0.05, 0) is 43.6 Å². The monoisotopic (exact) mass is 273 g/mol. The minimum atomic E-state index is 0.353. The molecule has 5 heteroatoms. The van der Waals surface area contributed by atoms with E-state index in [9.17, 15) is 0 Å². The van der Waals surface area contributed by atoms with Crippen LogP contribution >= 0.6 is 12.2 Å². The molecular weight excluding hydrogens is 258 g/mol. The maximum Gasteiger partial charge on any atom is 0.178 e. The Bertz CT molecular complexity index is 689. The van der Waals surface area contributed by atoms with Crippen LogP contribution < -0.4 is 0 Å². The van der Waals surface area contributed by atoms with Crippen LogP contribution in [0.3, 0.4) is 0 Å². The Labute approximate surface area is 116 Å². The van der Waals surface area contributed by atoms with Crippen molar-refractivity contribution in [2.24, 2.45) is 0 Å². The quantitative estimate of drug-likeness (QED) is 0.874. The molecule has 1 aromatic carbocycles. The third kappa shape index (κ3) is 2.29. The molecule has 0 saturated carbocycles. The first kappa shape index (κ1) is 12.4. The number of hydrogen-bond donors (Lipinski definition) is 1. The topological polar surface area (TPSA) is 53.7 Å². The number of rotatable bonds is 3. The Balaban J connectivity index is 1.92. The lowest BCUT2D eigenvalue weighted by atomic mass is 10.1. The van der Waals surface area contributed by atoms with Gasteiger partial charge >= 0.3 is 0 Å². The molecule has 1 aliphatic rings. The molecule has 1 atom stereocenters. The largest absolute Gasteiger partial charge is 0.378 e. The molecule has 1 unspecified atom stereocenters. The highest BCUT2D eigenvalue weighted by Crippen LogP contribution is 2.21. The number of aromatic nitrogens is 2. The van der Waals surface area contributed by atoms with Crippen molar-refractivity contribution < 1.29 is 4.74 Å². The summed E-state index contributed by atoms with van der Waals surface area (Å²) in [5, 5.41) is 9.11. The van der Waals surface area contributed by atoms with Gasteiger partial charge in [0.25, 0.3) is 0 Å². The number of imidazole rings is 1. The Hall–Kier alpha value is -1.64. The molecule has 2 aromatic rings. The van der Waals surface area contributed by atoms with Crippen molar-refractivity contribution in [3.8, 4) is 6.07 Å². The lowest BCUT2D eigenvalue weighted by molar-refractivity contribution is 0.101. The summed E-state index contributed by atoms with van der Waals surface area (Å²) in [6.45, 7) is 1.71. The zero-order valence-electron chi connectivity index (χ0n) is 10.6. The van der Waals surface area contributed by atoms with Crippen LogP contribution in [-0.2, 0) is 11.3 Å². The average Bonchev–Trinajstić information content (AvgIpc) is 3.03. The lowest BCUT2D eigenvalue weighted by Gasteiger charge is -2.10. The minimum Gasteiger partial charge on any atom is -0.378 e. The van der Waals surface area contributed by atoms with Crippen LogP contribution in [0.4, 0.5) is 0 Å². The molecule has 1 saturated heterocycles. The van der Waals surface area contributed by atoms with Crippen LogP contribution in [0.25, 0.3) is 11.0 Å². The van der Waals surface area contributed by atoms with Gasteiger partial charge in [-0.15, -0.1) is 0 Å². The highest BCUT2D eigenvalue weighted by Gasteiger charge is 2.16. The van der Waals surface area contributed by atoms with Crippen LogP contribution in [0.5, 0.6) is 0 Å². The molecule has 19 heavy (non-hydrogen) atoms. The van der Waals surface area contributed by atoms with E-state index < -0.39 is 0 Å². The molecule has 3 rings (SSSR count). The Morgan fingerprint density at radius 3 is 3.16 bits per heavy atom. The number of aryl methyl sites for hydroxylation is 1. The van der Waals surface area contributed by atoms with E-state index in [2.05, 4.69) is 15.6 Å². The Morgan fingerprint density at radius 2 is 2.42 bits per heavy atom. The van der Waals surface area contributed by atoms with Gasteiger partial charge < -0.3 is 14.3 Å². The van der Waals surface area contributed by atoms with Gasteiger partial charge in [-0.25, -0.2) is 0 Å². The third-order valence-corrected chi connectivity index (χ3v) is 3.95. The fourth-order valence-electron chi connectivity index (χ4n) is 2.64. The lowest BCUT2D eigenvalue weighted by Crippen LogP contribution is -2.10. The summed E-state index contributed by atoms with van der Waals surface area (Å²) in [5.74, 6) is 0. The Morgan fingerprint density at radius 1 is 1.53 bits per heavy atom. The number of nitrogens with zero attached hydrogens (tertiary/aromatic N) is 2. The standard InChI is InChI=1S/C14H15N3OS/c15-9-10-3-1-5-12-13(10)16-14(19)17(12)7-6-11-4-2-8-18-11/h1,3,5,11H,2,4,6-8H2,(H,16,19). The third-order valence-electron chi connectivity index (χ3n) is 3.63. The Kier molecular flexibility index (Phi) is 3.36. The van der Waals surface area contributed by atoms with Crippen molar-refractivity contribution in [3.63, 3.8) is 0 Å². The number of ether oxygens (including phenoxy) is 1. The smallest absolute Gasteiger partial charge is 0.178 e. The first-order valence-corrected chi connectivity index (χ1v) is 6.93. The second-order valence-corrected chi connectivity index (χ2v) is 5.20. The van der Waals surface area contributed by atoms with Gasteiger partial charge in [0, 0.05) is 13.2 Å². The van der Waals surface area contributed by atoms with E-state index >= 15 is 0 Å². The maximum absolute atomic E-state index is 9.11. The zero-order chi connectivity index (χ0) is 13.2. The highest BCUT2D eigenvalue weighted by atomic mass is 32.1. The predicted octanol–water partition coefficient (Wildman–Crippen LogP) is 3.14. The van der Waals surface area contributed by atoms with Gasteiger partial charge in [0.1, 0.15) is 6.07 Å². The molecule has 0 spiro atoms. The van der Waals surface area contributed by atoms with Crippen LogP contribution in [0, 0.1) is 16.1 Å². The highest BCUT2D eigenvalue weighted by molar-refractivity contribution is 7.71. The predicted molar refractivity (Wildman–Crippen MR) is 75.4 cm³/mol. The van der Waals surface area contributed by atoms with Crippen molar-refractivity contribution in [1.82, 2.24) is 9.55 Å². The molecule has 4 nitrogen and oxygen atoms in total. The summed E-state index contributed by atoms with van der Waals surface area (Å²) < 4.78 is 8.38. The molecule has 1 fully saturated rings. The fraction of sp³-hybridized carbons (Fsp3) is 0.429. The summed E-state index contributed by atoms with van der Waals surface area (Å²) >= 11 is 5.36. The summed E-state index contributed by atoms with van der Waals surface area (Å²) in [4.78, 5) is 3.14. The second kappa shape index (κ2) is 5.16. The van der Waals surface area contributed by atoms with Crippen molar-refractivity contribution in [3.05, 3.63) is 28.5 Å². The van der Waals surface area contributed by atoms with Crippen molar-refractivity contribution in [1.29, 1.82) is 5.26 Å². The first-order valence-electron chi connectivity index (χ1n) is 6.53. The van der Waals surface area contributed by atoms with E-state index in [1.807, 2.05) is 12.1 Å². The molecule has 98 valence electrons. The number of fused-ring (bicyclic) bond motifs is 1. The van der Waals surface area contributed by atoms with E-state index in [1.54, 1.807) is 6.07 Å². The number of nitrogens with one attached hydrogen (secondary N) is 1. The molecule has 0 aliphatic carbocycles.